The van der Waals surface area contributed by atoms with E-state index in [2.05, 4.69) is 5.32 Å². The number of benzene rings is 1. The van der Waals surface area contributed by atoms with Gasteiger partial charge in [-0.2, -0.15) is 0 Å². The summed E-state index contributed by atoms with van der Waals surface area (Å²) in [5, 5.41) is 20.8. The molecule has 0 radical (unpaired) electrons. The highest BCUT2D eigenvalue weighted by atomic mass is 16.4. The van der Waals surface area contributed by atoms with E-state index < -0.39 is 23.2 Å². The number of carboxylic acids is 1. The molecule has 0 heterocycles. The van der Waals surface area contributed by atoms with Crippen LogP contribution in [0.15, 0.2) is 24.3 Å². The van der Waals surface area contributed by atoms with Gasteiger partial charge in [-0.15, -0.1) is 0 Å². The summed E-state index contributed by atoms with van der Waals surface area (Å²) in [4.78, 5) is 23.1. The van der Waals surface area contributed by atoms with Crippen molar-refractivity contribution in [2.45, 2.75) is 27.0 Å². The number of amides is 1. The fourth-order valence-electron chi connectivity index (χ4n) is 2.65. The number of nitrogens with one attached hydrogen (secondary N) is 1. The molecule has 0 spiro atoms. The molecule has 0 bridgehead atoms. The molecule has 1 fully saturated rings. The van der Waals surface area contributed by atoms with Gasteiger partial charge in [0.05, 0.1) is 18.4 Å². The summed E-state index contributed by atoms with van der Waals surface area (Å²) in [6.07, 6.45) is 0. The molecule has 5 heteroatoms. The Morgan fingerprint density at radius 3 is 2.15 bits per heavy atom. The summed E-state index contributed by atoms with van der Waals surface area (Å²) in [5.74, 6) is -2.19. The van der Waals surface area contributed by atoms with Crippen LogP contribution in [0.2, 0.25) is 0 Å². The number of rotatable bonds is 5. The van der Waals surface area contributed by atoms with Gasteiger partial charge in [-0.25, -0.2) is 0 Å². The van der Waals surface area contributed by atoms with E-state index in [4.69, 9.17) is 10.2 Å². The number of carbonyl (C=O) groups is 2. The second kappa shape index (κ2) is 5.25. The van der Waals surface area contributed by atoms with Crippen LogP contribution in [0.1, 0.15) is 25.0 Å². The fraction of sp³-hybridized carbons (Fsp3) is 0.467. The molecule has 0 aromatic heterocycles. The summed E-state index contributed by atoms with van der Waals surface area (Å²) in [5.41, 5.74) is 1.26. The fourth-order valence-corrected chi connectivity index (χ4v) is 2.65. The third-order valence-electron chi connectivity index (χ3n) is 4.05. The summed E-state index contributed by atoms with van der Waals surface area (Å²) < 4.78 is 0. The quantitative estimate of drug-likeness (QED) is 0.753. The Balaban J connectivity index is 1.91. The van der Waals surface area contributed by atoms with Crippen molar-refractivity contribution >= 4 is 11.9 Å². The molecule has 1 aromatic rings. The maximum Gasteiger partial charge on any atom is 0.307 e. The lowest BCUT2D eigenvalue weighted by Gasteiger charge is -2.06. The highest BCUT2D eigenvalue weighted by Gasteiger charge is 2.65. The third kappa shape index (κ3) is 2.67. The number of aliphatic hydroxyl groups is 1. The summed E-state index contributed by atoms with van der Waals surface area (Å²) >= 11 is 0. The summed E-state index contributed by atoms with van der Waals surface area (Å²) in [6.45, 7) is 3.95. The van der Waals surface area contributed by atoms with E-state index in [0.717, 1.165) is 11.1 Å². The predicted octanol–water partition coefficient (Wildman–Crippen LogP) is 1.15. The number of carboxylic acid groups (broad SMARTS) is 1. The minimum Gasteiger partial charge on any atom is -0.481 e. The molecule has 20 heavy (non-hydrogen) atoms. The topological polar surface area (TPSA) is 86.6 Å². The molecule has 3 N–H and O–H groups in total. The van der Waals surface area contributed by atoms with Crippen LogP contribution in [0, 0.1) is 17.3 Å². The normalized spacial score (nSPS) is 23.1. The van der Waals surface area contributed by atoms with Gasteiger partial charge in [-0.1, -0.05) is 38.1 Å². The van der Waals surface area contributed by atoms with E-state index in [1.54, 1.807) is 26.0 Å². The average Bonchev–Trinajstić information content (AvgIpc) is 3.00. The smallest absolute Gasteiger partial charge is 0.307 e. The lowest BCUT2D eigenvalue weighted by Crippen LogP contribution is -2.26. The molecule has 2 unspecified atom stereocenters. The average molecular weight is 277 g/mol. The lowest BCUT2D eigenvalue weighted by molar-refractivity contribution is -0.140. The van der Waals surface area contributed by atoms with Crippen LogP contribution < -0.4 is 5.32 Å². The molecule has 2 rings (SSSR count). The highest BCUT2D eigenvalue weighted by molar-refractivity contribution is 5.91. The van der Waals surface area contributed by atoms with Gasteiger partial charge in [0, 0.05) is 6.54 Å². The van der Waals surface area contributed by atoms with Crippen LogP contribution in [0.25, 0.3) is 0 Å². The molecule has 2 atom stereocenters. The minimum atomic E-state index is -0.914. The zero-order chi connectivity index (χ0) is 14.9. The van der Waals surface area contributed by atoms with E-state index in [-0.39, 0.29) is 12.5 Å². The first-order valence-electron chi connectivity index (χ1n) is 6.57. The van der Waals surface area contributed by atoms with Crippen molar-refractivity contribution in [3.05, 3.63) is 35.4 Å². The van der Waals surface area contributed by atoms with Crippen molar-refractivity contribution in [1.29, 1.82) is 0 Å². The van der Waals surface area contributed by atoms with E-state index in [0.29, 0.717) is 6.54 Å². The Morgan fingerprint density at radius 1 is 1.15 bits per heavy atom. The van der Waals surface area contributed by atoms with Gasteiger partial charge in [-0.3, -0.25) is 9.59 Å². The molecule has 1 aromatic carbocycles. The summed E-state index contributed by atoms with van der Waals surface area (Å²) in [7, 11) is 0. The largest absolute Gasteiger partial charge is 0.481 e. The van der Waals surface area contributed by atoms with E-state index in [1.807, 2.05) is 12.1 Å². The second-order valence-corrected chi connectivity index (χ2v) is 5.81. The SMILES string of the molecule is CC1(C)C(C(=O)O)C1C(=O)NCc1ccc(CO)cc1. The Kier molecular flexibility index (Phi) is 3.81. The highest BCUT2D eigenvalue weighted by Crippen LogP contribution is 2.58. The standard InChI is InChI=1S/C15H19NO4/c1-15(2)11(12(15)14(19)20)13(18)16-7-9-3-5-10(8-17)6-4-9/h3-6,11-12,17H,7-8H2,1-2H3,(H,16,18)(H,19,20). The van der Waals surface area contributed by atoms with Crippen molar-refractivity contribution in [2.75, 3.05) is 0 Å². The van der Waals surface area contributed by atoms with Crippen molar-refractivity contribution in [1.82, 2.24) is 5.32 Å². The molecular weight excluding hydrogens is 258 g/mol. The maximum atomic E-state index is 12.0. The summed E-state index contributed by atoms with van der Waals surface area (Å²) in [6, 6.07) is 7.25. The Morgan fingerprint density at radius 2 is 1.70 bits per heavy atom. The van der Waals surface area contributed by atoms with Crippen molar-refractivity contribution in [3.8, 4) is 0 Å². The third-order valence-corrected chi connectivity index (χ3v) is 4.05. The van der Waals surface area contributed by atoms with Crippen LogP contribution in [0.5, 0.6) is 0 Å². The van der Waals surface area contributed by atoms with Gasteiger partial charge >= 0.3 is 5.97 Å². The van der Waals surface area contributed by atoms with Gasteiger partial charge in [0.1, 0.15) is 0 Å². The van der Waals surface area contributed by atoms with E-state index in [9.17, 15) is 9.59 Å². The van der Waals surface area contributed by atoms with Gasteiger partial charge in [0.15, 0.2) is 0 Å². The number of hydrogen-bond acceptors (Lipinski definition) is 3. The Bertz CT molecular complexity index is 521. The molecule has 5 nitrogen and oxygen atoms in total. The van der Waals surface area contributed by atoms with Crippen LogP contribution >= 0.6 is 0 Å². The maximum absolute atomic E-state index is 12.0. The first-order chi connectivity index (χ1) is 9.37. The second-order valence-electron chi connectivity index (χ2n) is 5.81. The van der Waals surface area contributed by atoms with Crippen LogP contribution in [-0.4, -0.2) is 22.1 Å². The van der Waals surface area contributed by atoms with E-state index >= 15 is 0 Å². The van der Waals surface area contributed by atoms with Gasteiger partial charge in [0.2, 0.25) is 5.91 Å². The minimum absolute atomic E-state index is 0.0107. The van der Waals surface area contributed by atoms with Crippen molar-refractivity contribution in [2.24, 2.45) is 17.3 Å². The number of hydrogen-bond donors (Lipinski definition) is 3. The van der Waals surface area contributed by atoms with Crippen molar-refractivity contribution in [3.63, 3.8) is 0 Å². The predicted molar refractivity (Wildman–Crippen MR) is 72.6 cm³/mol. The number of aliphatic hydroxyl groups excluding tert-OH is 1. The first-order valence-corrected chi connectivity index (χ1v) is 6.57. The van der Waals surface area contributed by atoms with Gasteiger partial charge in [-0.05, 0) is 16.5 Å². The molecule has 0 aliphatic heterocycles. The Labute approximate surface area is 117 Å². The van der Waals surface area contributed by atoms with Crippen LogP contribution in [0.3, 0.4) is 0 Å². The zero-order valence-corrected chi connectivity index (χ0v) is 11.6. The Hall–Kier alpha value is -1.88. The van der Waals surface area contributed by atoms with Crippen molar-refractivity contribution < 1.29 is 19.8 Å². The molecule has 1 saturated carbocycles. The zero-order valence-electron chi connectivity index (χ0n) is 11.6. The molecule has 0 saturated heterocycles. The molecule has 1 aliphatic carbocycles. The number of carbonyl (C=O) groups excluding carboxylic acids is 1. The van der Waals surface area contributed by atoms with E-state index in [1.165, 1.54) is 0 Å². The van der Waals surface area contributed by atoms with Gasteiger partial charge < -0.3 is 15.5 Å². The number of aliphatic carboxylic acids is 1. The molecule has 1 aliphatic rings. The molecule has 108 valence electrons. The molecule has 1 amide bonds. The lowest BCUT2D eigenvalue weighted by atomic mass is 10.1. The molecular formula is C15H19NO4. The first kappa shape index (κ1) is 14.5. The van der Waals surface area contributed by atoms with Crippen LogP contribution in [0.4, 0.5) is 0 Å². The van der Waals surface area contributed by atoms with Crippen LogP contribution in [-0.2, 0) is 22.7 Å². The monoisotopic (exact) mass is 277 g/mol. The van der Waals surface area contributed by atoms with Gasteiger partial charge in [0.25, 0.3) is 0 Å².